The molecule has 0 unspecified atom stereocenters. The van der Waals surface area contributed by atoms with E-state index in [9.17, 15) is 0 Å². The summed E-state index contributed by atoms with van der Waals surface area (Å²) in [6, 6.07) is 0. The van der Waals surface area contributed by atoms with Crippen molar-refractivity contribution in [2.45, 2.75) is 19.3 Å². The third-order valence-corrected chi connectivity index (χ3v) is 0.667. The van der Waals surface area contributed by atoms with E-state index in [1.165, 1.54) is 0 Å². The molecule has 3 radical (unpaired) electrons. The van der Waals surface area contributed by atoms with Crippen molar-refractivity contribution in [1.82, 2.24) is 0 Å². The van der Waals surface area contributed by atoms with Crippen LogP contribution in [0.4, 0.5) is 0 Å². The standard InChI is InChI=1S/C7H11/c1-3-5-7-6-4-2/h1,6-7H,2-5H2/b7-6+. The maximum absolute atomic E-state index is 5.20. The van der Waals surface area contributed by atoms with Gasteiger partial charge in [-0.1, -0.05) is 12.2 Å². The minimum atomic E-state index is 0.747. The SMILES string of the molecule is [CH]CC/C=C/C[CH2]. The van der Waals surface area contributed by atoms with E-state index in [1.807, 2.05) is 12.2 Å². The van der Waals surface area contributed by atoms with Crippen molar-refractivity contribution in [1.29, 1.82) is 0 Å². The van der Waals surface area contributed by atoms with E-state index in [0.717, 1.165) is 19.3 Å². The first-order chi connectivity index (χ1) is 3.41. The zero-order valence-corrected chi connectivity index (χ0v) is 4.56. The smallest absolute Gasteiger partial charge is 0.0348 e. The molecule has 0 aromatic rings. The van der Waals surface area contributed by atoms with Crippen molar-refractivity contribution in [2.24, 2.45) is 0 Å². The molecule has 0 saturated carbocycles. The molecule has 0 spiro atoms. The fourth-order valence-electron chi connectivity index (χ4n) is 0.332. The molecular weight excluding hydrogens is 84.1 g/mol. The summed E-state index contributed by atoms with van der Waals surface area (Å²) in [6.07, 6.45) is 6.67. The Morgan fingerprint density at radius 1 is 1.43 bits per heavy atom. The van der Waals surface area contributed by atoms with Crippen LogP contribution in [0, 0.1) is 13.8 Å². The normalized spacial score (nSPS) is 10.6. The molecule has 0 heterocycles. The van der Waals surface area contributed by atoms with E-state index in [-0.39, 0.29) is 0 Å². The molecule has 0 aliphatic carbocycles. The van der Waals surface area contributed by atoms with Crippen molar-refractivity contribution in [3.05, 3.63) is 26.0 Å². The number of rotatable bonds is 3. The van der Waals surface area contributed by atoms with Gasteiger partial charge in [0.15, 0.2) is 0 Å². The second-order valence-electron chi connectivity index (χ2n) is 1.34. The summed E-state index contributed by atoms with van der Waals surface area (Å²) >= 11 is 0. The summed E-state index contributed by atoms with van der Waals surface area (Å²) in [5.41, 5.74) is 0. The molecule has 0 N–H and O–H groups in total. The molecule has 0 saturated heterocycles. The van der Waals surface area contributed by atoms with Crippen LogP contribution in [0.5, 0.6) is 0 Å². The molecule has 0 rings (SSSR count). The van der Waals surface area contributed by atoms with Crippen LogP contribution in [0.1, 0.15) is 19.3 Å². The maximum atomic E-state index is 5.20. The summed E-state index contributed by atoms with van der Waals surface area (Å²) < 4.78 is 0. The van der Waals surface area contributed by atoms with Gasteiger partial charge in [-0.25, -0.2) is 0 Å². The molecule has 0 heteroatoms. The fourth-order valence-corrected chi connectivity index (χ4v) is 0.332. The van der Waals surface area contributed by atoms with E-state index in [2.05, 4.69) is 6.92 Å². The molecule has 7 heavy (non-hydrogen) atoms. The minimum Gasteiger partial charge on any atom is -0.0885 e. The van der Waals surface area contributed by atoms with Crippen LogP contribution >= 0.6 is 0 Å². The Morgan fingerprint density at radius 2 is 2.14 bits per heavy atom. The van der Waals surface area contributed by atoms with Crippen LogP contribution in [-0.4, -0.2) is 0 Å². The van der Waals surface area contributed by atoms with Gasteiger partial charge >= 0.3 is 0 Å². The fraction of sp³-hybridized carbons (Fsp3) is 0.429. The largest absolute Gasteiger partial charge is 0.0885 e. The van der Waals surface area contributed by atoms with Gasteiger partial charge in [0.1, 0.15) is 0 Å². The lowest BCUT2D eigenvalue weighted by atomic mass is 10.3. The highest BCUT2D eigenvalue weighted by molar-refractivity contribution is 4.81. The Morgan fingerprint density at radius 3 is 2.57 bits per heavy atom. The van der Waals surface area contributed by atoms with Crippen molar-refractivity contribution in [3.63, 3.8) is 0 Å². The first-order valence-corrected chi connectivity index (χ1v) is 2.56. The van der Waals surface area contributed by atoms with Crippen molar-refractivity contribution in [2.75, 3.05) is 0 Å². The predicted octanol–water partition coefficient (Wildman–Crippen LogP) is 2.26. The first kappa shape index (κ1) is 6.74. The molecular formula is C7H11. The van der Waals surface area contributed by atoms with E-state index < -0.39 is 0 Å². The van der Waals surface area contributed by atoms with E-state index >= 15 is 0 Å². The van der Waals surface area contributed by atoms with Gasteiger partial charge in [-0.15, -0.1) is 0 Å². The van der Waals surface area contributed by atoms with Gasteiger partial charge in [-0.2, -0.15) is 0 Å². The summed E-state index contributed by atoms with van der Waals surface area (Å²) in [5, 5.41) is 0. The predicted molar refractivity (Wildman–Crippen MR) is 32.6 cm³/mol. The summed E-state index contributed by atoms with van der Waals surface area (Å²) in [6.45, 7) is 8.83. The average Bonchev–Trinajstić information content (AvgIpc) is 1.69. The Labute approximate surface area is 46.2 Å². The lowest BCUT2D eigenvalue weighted by Crippen LogP contribution is -1.59. The van der Waals surface area contributed by atoms with Crippen LogP contribution < -0.4 is 0 Å². The molecule has 0 fully saturated rings. The zero-order chi connectivity index (χ0) is 5.54. The minimum absolute atomic E-state index is 0.747. The van der Waals surface area contributed by atoms with E-state index in [4.69, 9.17) is 6.92 Å². The number of unbranched alkanes of at least 4 members (excludes halogenated alkanes) is 1. The third kappa shape index (κ3) is 5.74. The molecule has 0 atom stereocenters. The number of hydrogen-bond donors (Lipinski definition) is 0. The van der Waals surface area contributed by atoms with Gasteiger partial charge in [0.2, 0.25) is 0 Å². The van der Waals surface area contributed by atoms with Gasteiger partial charge in [-0.05, 0) is 33.1 Å². The van der Waals surface area contributed by atoms with Gasteiger partial charge in [0.25, 0.3) is 0 Å². The lowest BCUT2D eigenvalue weighted by Gasteiger charge is -1.79. The van der Waals surface area contributed by atoms with Crippen LogP contribution in [0.3, 0.4) is 0 Å². The van der Waals surface area contributed by atoms with Crippen LogP contribution in [0.15, 0.2) is 12.2 Å². The highest BCUT2D eigenvalue weighted by atomic mass is 13.7. The quantitative estimate of drug-likeness (QED) is 0.472. The second kappa shape index (κ2) is 5.74. The topological polar surface area (TPSA) is 0 Å². The Bertz CT molecular complexity index is 44.0. The molecule has 0 bridgehead atoms. The zero-order valence-electron chi connectivity index (χ0n) is 4.56. The summed E-state index contributed by atoms with van der Waals surface area (Å²) in [7, 11) is 0. The highest BCUT2D eigenvalue weighted by Crippen LogP contribution is 1.88. The van der Waals surface area contributed by atoms with Crippen LogP contribution in [-0.2, 0) is 0 Å². The third-order valence-electron chi connectivity index (χ3n) is 0.667. The van der Waals surface area contributed by atoms with Crippen molar-refractivity contribution < 1.29 is 0 Å². The van der Waals surface area contributed by atoms with Crippen LogP contribution in [0.25, 0.3) is 0 Å². The first-order valence-electron chi connectivity index (χ1n) is 2.56. The lowest BCUT2D eigenvalue weighted by molar-refractivity contribution is 1.04. The van der Waals surface area contributed by atoms with E-state index in [0.29, 0.717) is 0 Å². The molecule has 0 aromatic carbocycles. The Kier molecular flexibility index (Phi) is 5.53. The van der Waals surface area contributed by atoms with E-state index in [1.54, 1.807) is 0 Å². The molecule has 0 amide bonds. The van der Waals surface area contributed by atoms with Crippen LogP contribution in [0.2, 0.25) is 0 Å². The van der Waals surface area contributed by atoms with Crippen molar-refractivity contribution in [3.8, 4) is 0 Å². The van der Waals surface area contributed by atoms with Crippen molar-refractivity contribution >= 4 is 0 Å². The Hall–Kier alpha value is -0.260. The number of allylic oxidation sites excluding steroid dienone is 2. The summed E-state index contributed by atoms with van der Waals surface area (Å²) in [4.78, 5) is 0. The van der Waals surface area contributed by atoms with Gasteiger partial charge in [0, 0.05) is 0 Å². The molecule has 0 nitrogen and oxygen atoms in total. The highest BCUT2D eigenvalue weighted by Gasteiger charge is 1.68. The Balaban J connectivity index is 2.78. The summed E-state index contributed by atoms with van der Waals surface area (Å²) in [5.74, 6) is 0. The van der Waals surface area contributed by atoms with Gasteiger partial charge in [0.05, 0.1) is 0 Å². The average molecular weight is 95.2 g/mol. The van der Waals surface area contributed by atoms with Gasteiger partial charge in [-0.3, -0.25) is 0 Å². The monoisotopic (exact) mass is 95.1 g/mol. The second-order valence-corrected chi connectivity index (χ2v) is 1.34. The number of hydrogen-bond acceptors (Lipinski definition) is 0. The maximum Gasteiger partial charge on any atom is -0.0348 e. The molecule has 0 aliphatic heterocycles. The molecule has 0 aliphatic rings. The molecule has 39 valence electrons. The van der Waals surface area contributed by atoms with Gasteiger partial charge < -0.3 is 0 Å². The molecule has 0 aromatic heterocycles.